The molecule has 1 aromatic carbocycles. The van der Waals surface area contributed by atoms with Crippen LogP contribution in [0.3, 0.4) is 0 Å². The summed E-state index contributed by atoms with van der Waals surface area (Å²) in [5.74, 6) is 0.151. The number of nitrogens with one attached hydrogen (secondary N) is 2. The van der Waals surface area contributed by atoms with E-state index in [0.29, 0.717) is 31.9 Å². The highest BCUT2D eigenvalue weighted by atomic mass is 32.2. The molecule has 0 radical (unpaired) electrons. The molecular weight excluding hydrogens is 342 g/mol. The molecule has 2 atom stereocenters. The monoisotopic (exact) mass is 367 g/mol. The van der Waals surface area contributed by atoms with E-state index in [1.165, 1.54) is 12.1 Å². The van der Waals surface area contributed by atoms with Crippen molar-refractivity contribution in [3.05, 3.63) is 29.8 Å². The Balaban J connectivity index is 1.69. The summed E-state index contributed by atoms with van der Waals surface area (Å²) in [4.78, 5) is 14.3. The Morgan fingerprint density at radius 3 is 2.56 bits per heavy atom. The topological polar surface area (TPSA) is 87.7 Å². The number of benzene rings is 1. The van der Waals surface area contributed by atoms with Crippen molar-refractivity contribution >= 4 is 15.9 Å². The van der Waals surface area contributed by atoms with E-state index < -0.39 is 10.0 Å². The van der Waals surface area contributed by atoms with Gasteiger partial charge in [0.2, 0.25) is 10.0 Å². The maximum Gasteiger partial charge on any atom is 0.254 e. The summed E-state index contributed by atoms with van der Waals surface area (Å²) in [5, 5.41) is 3.26. The largest absolute Gasteiger partial charge is 0.378 e. The summed E-state index contributed by atoms with van der Waals surface area (Å²) in [7, 11) is -3.58. The van der Waals surface area contributed by atoms with Crippen LogP contribution in [0, 0.1) is 5.92 Å². The maximum atomic E-state index is 12.6. The third kappa shape index (κ3) is 4.38. The van der Waals surface area contributed by atoms with Crippen molar-refractivity contribution in [2.45, 2.75) is 24.3 Å². The van der Waals surface area contributed by atoms with Gasteiger partial charge in [-0.1, -0.05) is 6.92 Å². The van der Waals surface area contributed by atoms with E-state index in [-0.39, 0.29) is 22.8 Å². The molecule has 0 saturated carbocycles. The Bertz CT molecular complexity index is 699. The molecule has 0 spiro atoms. The fraction of sp³-hybridized carbons (Fsp3) is 0.588. The van der Waals surface area contributed by atoms with Crippen LogP contribution in [0.2, 0.25) is 0 Å². The smallest absolute Gasteiger partial charge is 0.254 e. The first-order valence-corrected chi connectivity index (χ1v) is 10.2. The van der Waals surface area contributed by atoms with Crippen LogP contribution in [-0.4, -0.2) is 64.7 Å². The minimum Gasteiger partial charge on any atom is -0.378 e. The first kappa shape index (κ1) is 18.3. The molecular formula is C17H25N3O4S. The van der Waals surface area contributed by atoms with Crippen molar-refractivity contribution in [3.8, 4) is 0 Å². The molecule has 7 nitrogen and oxygen atoms in total. The predicted octanol–water partition coefficient (Wildman–Crippen LogP) is 0.435. The lowest BCUT2D eigenvalue weighted by Gasteiger charge is -2.30. The first-order valence-electron chi connectivity index (χ1n) is 8.67. The fourth-order valence-electron chi connectivity index (χ4n) is 3.18. The Morgan fingerprint density at radius 1 is 1.24 bits per heavy atom. The van der Waals surface area contributed by atoms with Crippen LogP contribution in [0.1, 0.15) is 23.7 Å². The maximum absolute atomic E-state index is 12.6. The number of piperidine rings is 1. The number of rotatable bonds is 4. The van der Waals surface area contributed by atoms with E-state index in [4.69, 9.17) is 4.74 Å². The van der Waals surface area contributed by atoms with Gasteiger partial charge in [-0.05, 0) is 49.7 Å². The van der Waals surface area contributed by atoms with Crippen molar-refractivity contribution in [3.63, 3.8) is 0 Å². The predicted molar refractivity (Wildman–Crippen MR) is 93.9 cm³/mol. The Morgan fingerprint density at radius 2 is 1.92 bits per heavy atom. The zero-order valence-corrected chi connectivity index (χ0v) is 15.2. The summed E-state index contributed by atoms with van der Waals surface area (Å²) >= 11 is 0. The average Bonchev–Trinajstić information content (AvgIpc) is 2.64. The second-order valence-corrected chi connectivity index (χ2v) is 8.34. The first-order chi connectivity index (χ1) is 12.0. The second kappa shape index (κ2) is 7.82. The molecule has 2 saturated heterocycles. The van der Waals surface area contributed by atoms with Gasteiger partial charge in [0.15, 0.2) is 0 Å². The van der Waals surface area contributed by atoms with Gasteiger partial charge in [-0.2, -0.15) is 0 Å². The van der Waals surface area contributed by atoms with Crippen molar-refractivity contribution in [2.75, 3.05) is 39.4 Å². The number of carbonyl (C=O) groups is 1. The lowest BCUT2D eigenvalue weighted by atomic mass is 9.97. The number of amides is 1. The number of ether oxygens (including phenoxy) is 1. The average molecular weight is 367 g/mol. The van der Waals surface area contributed by atoms with Crippen LogP contribution in [0.25, 0.3) is 0 Å². The van der Waals surface area contributed by atoms with E-state index in [9.17, 15) is 13.2 Å². The van der Waals surface area contributed by atoms with Gasteiger partial charge in [0.05, 0.1) is 18.1 Å². The van der Waals surface area contributed by atoms with Gasteiger partial charge >= 0.3 is 0 Å². The number of hydrogen-bond acceptors (Lipinski definition) is 5. The number of morpholine rings is 1. The zero-order chi connectivity index (χ0) is 17.9. The molecule has 2 aliphatic heterocycles. The van der Waals surface area contributed by atoms with Crippen LogP contribution >= 0.6 is 0 Å². The zero-order valence-electron chi connectivity index (χ0n) is 14.4. The van der Waals surface area contributed by atoms with Gasteiger partial charge < -0.3 is 15.0 Å². The third-order valence-corrected chi connectivity index (χ3v) is 6.31. The van der Waals surface area contributed by atoms with Crippen LogP contribution in [0.4, 0.5) is 0 Å². The molecule has 2 fully saturated rings. The summed E-state index contributed by atoms with van der Waals surface area (Å²) in [6.45, 7) is 5.85. The third-order valence-electron chi connectivity index (χ3n) is 4.80. The SMILES string of the molecule is CC1CNCCC1NS(=O)(=O)c1ccc(C(=O)N2CCOCC2)cc1. The van der Waals surface area contributed by atoms with Crippen LogP contribution in [0.5, 0.6) is 0 Å². The number of nitrogens with zero attached hydrogens (tertiary/aromatic N) is 1. The van der Waals surface area contributed by atoms with Crippen LogP contribution in [0.15, 0.2) is 29.2 Å². The molecule has 2 N–H and O–H groups in total. The molecule has 0 aliphatic carbocycles. The van der Waals surface area contributed by atoms with Gasteiger partial charge in [-0.15, -0.1) is 0 Å². The van der Waals surface area contributed by atoms with Gasteiger partial charge in [0.25, 0.3) is 5.91 Å². The second-order valence-electron chi connectivity index (χ2n) is 6.63. The summed E-state index contributed by atoms with van der Waals surface area (Å²) in [6, 6.07) is 6.10. The van der Waals surface area contributed by atoms with E-state index in [1.807, 2.05) is 6.92 Å². The quantitative estimate of drug-likeness (QED) is 0.806. The molecule has 8 heteroatoms. The molecule has 2 heterocycles. The number of sulfonamides is 1. The van der Waals surface area contributed by atoms with Crippen molar-refractivity contribution in [1.29, 1.82) is 0 Å². The molecule has 3 rings (SSSR count). The Kier molecular flexibility index (Phi) is 5.73. The number of carbonyl (C=O) groups excluding carboxylic acids is 1. The normalized spacial score (nSPS) is 24.9. The standard InChI is InChI=1S/C17H25N3O4S/c1-13-12-18-7-6-16(13)19-25(22,23)15-4-2-14(3-5-15)17(21)20-8-10-24-11-9-20/h2-5,13,16,18-19H,6-12H2,1H3. The molecule has 25 heavy (non-hydrogen) atoms. The Hall–Kier alpha value is -1.48. The minimum atomic E-state index is -3.58. The van der Waals surface area contributed by atoms with Crippen LogP contribution < -0.4 is 10.0 Å². The van der Waals surface area contributed by atoms with Crippen molar-refractivity contribution < 1.29 is 17.9 Å². The highest BCUT2D eigenvalue weighted by Gasteiger charge is 2.27. The van der Waals surface area contributed by atoms with Gasteiger partial charge in [-0.3, -0.25) is 4.79 Å². The minimum absolute atomic E-state index is 0.0686. The van der Waals surface area contributed by atoms with Crippen molar-refractivity contribution in [1.82, 2.24) is 14.9 Å². The summed E-state index contributed by atoms with van der Waals surface area (Å²) in [6.07, 6.45) is 0.772. The van der Waals surface area contributed by atoms with Crippen molar-refractivity contribution in [2.24, 2.45) is 5.92 Å². The molecule has 0 aromatic heterocycles. The lowest BCUT2D eigenvalue weighted by Crippen LogP contribution is -2.48. The molecule has 0 bridgehead atoms. The number of hydrogen-bond donors (Lipinski definition) is 2. The highest BCUT2D eigenvalue weighted by molar-refractivity contribution is 7.89. The van der Waals surface area contributed by atoms with Gasteiger partial charge in [0, 0.05) is 24.7 Å². The molecule has 1 amide bonds. The fourth-order valence-corrected chi connectivity index (χ4v) is 4.56. The van der Waals surface area contributed by atoms with E-state index >= 15 is 0 Å². The summed E-state index contributed by atoms with van der Waals surface area (Å²) < 4.78 is 33.2. The molecule has 1 aromatic rings. The molecule has 2 unspecified atom stereocenters. The lowest BCUT2D eigenvalue weighted by molar-refractivity contribution is 0.0303. The van der Waals surface area contributed by atoms with Gasteiger partial charge in [0.1, 0.15) is 0 Å². The van der Waals surface area contributed by atoms with E-state index in [1.54, 1.807) is 17.0 Å². The Labute approximate surface area is 148 Å². The van der Waals surface area contributed by atoms with E-state index in [2.05, 4.69) is 10.0 Å². The summed E-state index contributed by atoms with van der Waals surface area (Å²) in [5.41, 5.74) is 0.496. The van der Waals surface area contributed by atoms with Gasteiger partial charge in [-0.25, -0.2) is 13.1 Å². The highest BCUT2D eigenvalue weighted by Crippen LogP contribution is 2.17. The van der Waals surface area contributed by atoms with Crippen LogP contribution in [-0.2, 0) is 14.8 Å². The molecule has 2 aliphatic rings. The molecule has 138 valence electrons. The van der Waals surface area contributed by atoms with E-state index in [0.717, 1.165) is 19.5 Å².